The summed E-state index contributed by atoms with van der Waals surface area (Å²) in [6.07, 6.45) is 2.04. The number of anilines is 1. The van der Waals surface area contributed by atoms with Gasteiger partial charge in [0.1, 0.15) is 5.82 Å². The summed E-state index contributed by atoms with van der Waals surface area (Å²) < 4.78 is 5.04. The number of hydrogen-bond acceptors (Lipinski definition) is 5. The third-order valence-corrected chi connectivity index (χ3v) is 4.90. The maximum atomic E-state index is 12.3. The molecule has 0 radical (unpaired) electrons. The minimum Gasteiger partial charge on any atom is -0.459 e. The predicted molar refractivity (Wildman–Crippen MR) is 103 cm³/mol. The highest BCUT2D eigenvalue weighted by atomic mass is 32.1. The lowest BCUT2D eigenvalue weighted by Gasteiger charge is -2.02. The first kappa shape index (κ1) is 17.0. The number of para-hydroxylation sites is 2. The topological polar surface area (TPSA) is 100 Å². The van der Waals surface area contributed by atoms with Crippen LogP contribution < -0.4 is 10.6 Å². The van der Waals surface area contributed by atoms with E-state index in [1.54, 1.807) is 24.3 Å². The minimum atomic E-state index is -0.348. The maximum absolute atomic E-state index is 12.3. The molecule has 27 heavy (non-hydrogen) atoms. The highest BCUT2D eigenvalue weighted by Crippen LogP contribution is 2.22. The Hall–Kier alpha value is -3.39. The number of thiophene rings is 1. The fraction of sp³-hybridized carbons (Fsp3) is 0.105. The Labute approximate surface area is 158 Å². The van der Waals surface area contributed by atoms with Crippen molar-refractivity contribution in [2.45, 2.75) is 6.42 Å². The second-order valence-electron chi connectivity index (χ2n) is 5.80. The number of furan rings is 1. The molecule has 0 bridgehead atoms. The summed E-state index contributed by atoms with van der Waals surface area (Å²) in [7, 11) is 0. The molecule has 3 N–H and O–H groups in total. The van der Waals surface area contributed by atoms with E-state index in [-0.39, 0.29) is 17.6 Å². The number of benzene rings is 1. The normalized spacial score (nSPS) is 10.8. The highest BCUT2D eigenvalue weighted by Gasteiger charge is 2.13. The van der Waals surface area contributed by atoms with Crippen molar-refractivity contribution in [3.05, 3.63) is 71.3 Å². The quantitative estimate of drug-likeness (QED) is 0.477. The molecule has 4 rings (SSSR count). The number of rotatable bonds is 6. The van der Waals surface area contributed by atoms with Crippen LogP contribution in [0.4, 0.5) is 5.00 Å². The zero-order chi connectivity index (χ0) is 18.6. The van der Waals surface area contributed by atoms with Crippen LogP contribution in [-0.2, 0) is 6.42 Å². The third kappa shape index (κ3) is 3.90. The van der Waals surface area contributed by atoms with E-state index in [0.717, 1.165) is 16.9 Å². The number of aromatic nitrogens is 2. The van der Waals surface area contributed by atoms with Gasteiger partial charge in [-0.15, -0.1) is 11.3 Å². The van der Waals surface area contributed by atoms with Crippen molar-refractivity contribution < 1.29 is 14.0 Å². The summed E-state index contributed by atoms with van der Waals surface area (Å²) >= 11 is 1.21. The molecule has 0 saturated heterocycles. The van der Waals surface area contributed by atoms with Gasteiger partial charge in [-0.2, -0.15) is 0 Å². The van der Waals surface area contributed by atoms with Crippen molar-refractivity contribution in [1.82, 2.24) is 15.3 Å². The molecule has 0 saturated carbocycles. The Kier molecular flexibility index (Phi) is 4.71. The smallest absolute Gasteiger partial charge is 0.291 e. The van der Waals surface area contributed by atoms with E-state index in [1.807, 2.05) is 24.3 Å². The number of amides is 2. The molecule has 0 aliphatic heterocycles. The van der Waals surface area contributed by atoms with Crippen LogP contribution in [-0.4, -0.2) is 28.3 Å². The monoisotopic (exact) mass is 380 g/mol. The summed E-state index contributed by atoms with van der Waals surface area (Å²) in [5.74, 6) is 0.516. The largest absolute Gasteiger partial charge is 0.459 e. The van der Waals surface area contributed by atoms with Crippen LogP contribution in [0.2, 0.25) is 0 Å². The van der Waals surface area contributed by atoms with Crippen molar-refractivity contribution in [3.8, 4) is 0 Å². The molecule has 0 unspecified atom stereocenters. The number of carbonyl (C=O) groups is 2. The number of nitrogens with one attached hydrogen (secondary N) is 3. The second-order valence-corrected chi connectivity index (χ2v) is 6.89. The first-order valence-corrected chi connectivity index (χ1v) is 9.17. The van der Waals surface area contributed by atoms with Gasteiger partial charge in [0.15, 0.2) is 5.76 Å². The van der Waals surface area contributed by atoms with E-state index in [0.29, 0.717) is 22.8 Å². The van der Waals surface area contributed by atoms with Crippen LogP contribution in [0.25, 0.3) is 11.0 Å². The molecule has 3 aromatic heterocycles. The van der Waals surface area contributed by atoms with Crippen LogP contribution in [0.1, 0.15) is 26.1 Å². The summed E-state index contributed by atoms with van der Waals surface area (Å²) in [6.45, 7) is 0.463. The van der Waals surface area contributed by atoms with Crippen LogP contribution >= 0.6 is 11.3 Å². The van der Waals surface area contributed by atoms with Crippen molar-refractivity contribution in [2.24, 2.45) is 0 Å². The lowest BCUT2D eigenvalue weighted by Crippen LogP contribution is -2.25. The SMILES string of the molecule is O=C(Nc1ccc(C(=O)NCCc2nc3ccccc3[nH]2)s1)c1ccco1. The molecule has 0 spiro atoms. The Morgan fingerprint density at radius 2 is 1.96 bits per heavy atom. The standard InChI is InChI=1S/C19H16N4O3S/c24-18(14-6-3-11-26-14)23-17-8-7-15(27-17)19(25)20-10-9-16-21-12-4-1-2-5-13(12)22-16/h1-8,11H,9-10H2,(H,20,25)(H,21,22)(H,23,24). The van der Waals surface area contributed by atoms with Crippen LogP contribution in [0, 0.1) is 0 Å². The number of fused-ring (bicyclic) bond motifs is 1. The van der Waals surface area contributed by atoms with E-state index in [2.05, 4.69) is 20.6 Å². The number of aromatic amines is 1. The van der Waals surface area contributed by atoms with Crippen molar-refractivity contribution in [2.75, 3.05) is 11.9 Å². The molecular formula is C19H16N4O3S. The predicted octanol–water partition coefficient (Wildman–Crippen LogP) is 3.44. The zero-order valence-corrected chi connectivity index (χ0v) is 15.0. The van der Waals surface area contributed by atoms with Crippen molar-refractivity contribution in [3.63, 3.8) is 0 Å². The van der Waals surface area contributed by atoms with Gasteiger partial charge in [0.05, 0.1) is 27.2 Å². The number of hydrogen-bond donors (Lipinski definition) is 3. The lowest BCUT2D eigenvalue weighted by atomic mass is 10.3. The molecule has 8 heteroatoms. The molecule has 1 aromatic carbocycles. The van der Waals surface area contributed by atoms with Gasteiger partial charge in [-0.1, -0.05) is 12.1 Å². The number of H-pyrrole nitrogens is 1. The molecule has 136 valence electrons. The van der Waals surface area contributed by atoms with Gasteiger partial charge in [-0.05, 0) is 36.4 Å². The Morgan fingerprint density at radius 1 is 1.07 bits per heavy atom. The van der Waals surface area contributed by atoms with Crippen LogP contribution in [0.3, 0.4) is 0 Å². The van der Waals surface area contributed by atoms with Gasteiger partial charge in [0.2, 0.25) is 0 Å². The van der Waals surface area contributed by atoms with Gasteiger partial charge >= 0.3 is 0 Å². The van der Waals surface area contributed by atoms with Gasteiger partial charge in [-0.3, -0.25) is 9.59 Å². The zero-order valence-electron chi connectivity index (χ0n) is 14.2. The summed E-state index contributed by atoms with van der Waals surface area (Å²) in [6, 6.07) is 14.4. The van der Waals surface area contributed by atoms with Crippen molar-refractivity contribution in [1.29, 1.82) is 0 Å². The number of nitrogens with zero attached hydrogens (tertiary/aromatic N) is 1. The van der Waals surface area contributed by atoms with E-state index in [1.165, 1.54) is 17.6 Å². The van der Waals surface area contributed by atoms with Gasteiger partial charge in [0.25, 0.3) is 11.8 Å². The molecule has 0 atom stereocenters. The second kappa shape index (κ2) is 7.46. The average molecular weight is 380 g/mol. The summed E-state index contributed by atoms with van der Waals surface area (Å²) in [4.78, 5) is 32.5. The number of carbonyl (C=O) groups excluding carboxylic acids is 2. The first-order chi connectivity index (χ1) is 13.2. The Morgan fingerprint density at radius 3 is 2.78 bits per heavy atom. The first-order valence-electron chi connectivity index (χ1n) is 8.35. The summed E-state index contributed by atoms with van der Waals surface area (Å²) in [5, 5.41) is 6.16. The minimum absolute atomic E-state index is 0.186. The molecule has 4 aromatic rings. The van der Waals surface area contributed by atoms with Crippen molar-refractivity contribution >= 4 is 39.2 Å². The average Bonchev–Trinajstić information content (AvgIpc) is 3.41. The molecule has 0 aliphatic rings. The Balaban J connectivity index is 1.30. The van der Waals surface area contributed by atoms with Gasteiger partial charge in [0, 0.05) is 13.0 Å². The van der Waals surface area contributed by atoms with Gasteiger partial charge in [-0.25, -0.2) is 4.98 Å². The molecule has 0 fully saturated rings. The fourth-order valence-corrected chi connectivity index (χ4v) is 3.43. The third-order valence-electron chi connectivity index (χ3n) is 3.90. The maximum Gasteiger partial charge on any atom is 0.291 e. The number of imidazole rings is 1. The molecule has 2 amide bonds. The lowest BCUT2D eigenvalue weighted by molar-refractivity contribution is 0.0956. The van der Waals surface area contributed by atoms with E-state index >= 15 is 0 Å². The van der Waals surface area contributed by atoms with E-state index in [9.17, 15) is 9.59 Å². The highest BCUT2D eigenvalue weighted by molar-refractivity contribution is 7.18. The van der Waals surface area contributed by atoms with Crippen LogP contribution in [0.5, 0.6) is 0 Å². The summed E-state index contributed by atoms with van der Waals surface area (Å²) in [5.41, 5.74) is 1.89. The Bertz CT molecular complexity index is 1050. The molecule has 0 aliphatic carbocycles. The van der Waals surface area contributed by atoms with Crippen LogP contribution in [0.15, 0.2) is 59.2 Å². The molecule has 3 heterocycles. The molecule has 7 nitrogen and oxygen atoms in total. The fourth-order valence-electron chi connectivity index (χ4n) is 2.61. The van der Waals surface area contributed by atoms with E-state index < -0.39 is 0 Å². The van der Waals surface area contributed by atoms with Gasteiger partial charge < -0.3 is 20.0 Å². The molecular weight excluding hydrogens is 364 g/mol. The van der Waals surface area contributed by atoms with E-state index in [4.69, 9.17) is 4.42 Å².